The first-order chi connectivity index (χ1) is 6.47. The van der Waals surface area contributed by atoms with Gasteiger partial charge in [-0.1, -0.05) is 30.3 Å². The Kier molecular flexibility index (Phi) is 1.66. The van der Waals surface area contributed by atoms with Crippen molar-refractivity contribution in [2.24, 2.45) is 11.8 Å². The van der Waals surface area contributed by atoms with E-state index in [1.165, 1.54) is 19.5 Å². The van der Waals surface area contributed by atoms with Crippen molar-refractivity contribution in [3.05, 3.63) is 35.9 Å². The first kappa shape index (κ1) is 7.57. The molecule has 68 valence electrons. The lowest BCUT2D eigenvalue weighted by Gasteiger charge is -2.07. The first-order valence-corrected chi connectivity index (χ1v) is 5.22. The molecule has 1 saturated carbocycles. The number of nitrogens with one attached hydrogen (secondary N) is 1. The number of fused-ring (bicyclic) bond motifs is 1. The average Bonchev–Trinajstić information content (AvgIpc) is 2.93. The van der Waals surface area contributed by atoms with Gasteiger partial charge < -0.3 is 5.32 Å². The molecule has 13 heavy (non-hydrogen) atoms. The molecule has 1 aliphatic heterocycles. The number of hydrogen-bond donors (Lipinski definition) is 1. The normalized spacial score (nSPS) is 36.8. The van der Waals surface area contributed by atoms with Crippen molar-refractivity contribution >= 4 is 0 Å². The van der Waals surface area contributed by atoms with Crippen molar-refractivity contribution in [3.63, 3.8) is 0 Å². The van der Waals surface area contributed by atoms with Gasteiger partial charge in [0.05, 0.1) is 0 Å². The van der Waals surface area contributed by atoms with Gasteiger partial charge in [0.25, 0.3) is 0 Å². The van der Waals surface area contributed by atoms with Crippen LogP contribution in [0.3, 0.4) is 0 Å². The number of benzene rings is 1. The zero-order valence-corrected chi connectivity index (χ0v) is 7.74. The smallest absolute Gasteiger partial charge is 0.00117 e. The highest BCUT2D eigenvalue weighted by Gasteiger charge is 2.51. The van der Waals surface area contributed by atoms with Gasteiger partial charge in [-0.05, 0) is 42.8 Å². The molecule has 1 saturated heterocycles. The molecule has 0 aromatic heterocycles. The lowest BCUT2D eigenvalue weighted by Crippen LogP contribution is -2.23. The summed E-state index contributed by atoms with van der Waals surface area (Å²) in [4.78, 5) is 0. The molecule has 1 aromatic rings. The van der Waals surface area contributed by atoms with Crippen LogP contribution in [0, 0.1) is 11.8 Å². The Labute approximate surface area is 79.2 Å². The summed E-state index contributed by atoms with van der Waals surface area (Å²) >= 11 is 0. The average molecular weight is 173 g/mol. The van der Waals surface area contributed by atoms with Crippen molar-refractivity contribution in [1.82, 2.24) is 5.32 Å². The van der Waals surface area contributed by atoms with Crippen LogP contribution >= 0.6 is 0 Å². The topological polar surface area (TPSA) is 12.0 Å². The molecule has 0 radical (unpaired) electrons. The summed E-state index contributed by atoms with van der Waals surface area (Å²) in [5.74, 6) is 2.80. The fourth-order valence-electron chi connectivity index (χ4n) is 2.82. The Balaban J connectivity index is 1.82. The molecule has 3 rings (SSSR count). The second kappa shape index (κ2) is 2.85. The number of rotatable bonds is 1. The third kappa shape index (κ3) is 1.19. The molecule has 1 heterocycles. The molecular formula is C12H15N. The molecule has 1 aromatic carbocycles. The minimum Gasteiger partial charge on any atom is -0.316 e. The molecule has 2 unspecified atom stereocenters. The second-order valence-electron chi connectivity index (χ2n) is 4.26. The minimum atomic E-state index is 0.871. The SMILES string of the molecule is c1ccc([C@@H]2C3CCNCC32)cc1. The van der Waals surface area contributed by atoms with Crippen LogP contribution in [0.2, 0.25) is 0 Å². The standard InChI is InChI=1S/C12H15N/c1-2-4-9(5-3-1)12-10-6-7-13-8-11(10)12/h1-5,10-13H,6-8H2/t10?,11?,12-/m1/s1. The van der Waals surface area contributed by atoms with Crippen molar-refractivity contribution in [3.8, 4) is 0 Å². The van der Waals surface area contributed by atoms with Gasteiger partial charge in [0.1, 0.15) is 0 Å². The number of hydrogen-bond acceptors (Lipinski definition) is 1. The van der Waals surface area contributed by atoms with E-state index in [-0.39, 0.29) is 0 Å². The van der Waals surface area contributed by atoms with Crippen LogP contribution in [0.25, 0.3) is 0 Å². The highest BCUT2D eigenvalue weighted by atomic mass is 14.9. The molecule has 2 fully saturated rings. The maximum Gasteiger partial charge on any atom is -0.00117 e. The van der Waals surface area contributed by atoms with Crippen molar-refractivity contribution < 1.29 is 0 Å². The first-order valence-electron chi connectivity index (χ1n) is 5.22. The van der Waals surface area contributed by atoms with Crippen LogP contribution in [0.1, 0.15) is 17.9 Å². The summed E-state index contributed by atoms with van der Waals surface area (Å²) in [7, 11) is 0. The van der Waals surface area contributed by atoms with E-state index < -0.39 is 0 Å². The molecule has 0 bridgehead atoms. The van der Waals surface area contributed by atoms with Crippen molar-refractivity contribution in [2.45, 2.75) is 12.3 Å². The van der Waals surface area contributed by atoms with Gasteiger partial charge in [0.2, 0.25) is 0 Å². The van der Waals surface area contributed by atoms with Crippen LogP contribution in [-0.2, 0) is 0 Å². The zero-order chi connectivity index (χ0) is 8.67. The molecule has 1 N–H and O–H groups in total. The molecule has 0 spiro atoms. The molecule has 2 aliphatic rings. The fourth-order valence-corrected chi connectivity index (χ4v) is 2.82. The van der Waals surface area contributed by atoms with E-state index in [9.17, 15) is 0 Å². The van der Waals surface area contributed by atoms with E-state index in [1.54, 1.807) is 5.56 Å². The van der Waals surface area contributed by atoms with E-state index >= 15 is 0 Å². The van der Waals surface area contributed by atoms with Crippen LogP contribution in [0.15, 0.2) is 30.3 Å². The van der Waals surface area contributed by atoms with E-state index in [0.29, 0.717) is 0 Å². The maximum absolute atomic E-state index is 3.48. The van der Waals surface area contributed by atoms with Crippen LogP contribution in [0.5, 0.6) is 0 Å². The van der Waals surface area contributed by atoms with Crippen LogP contribution in [0.4, 0.5) is 0 Å². The third-order valence-electron chi connectivity index (χ3n) is 3.55. The predicted molar refractivity (Wildman–Crippen MR) is 53.6 cm³/mol. The Morgan fingerprint density at radius 3 is 2.62 bits per heavy atom. The Bertz CT molecular complexity index is 281. The van der Waals surface area contributed by atoms with Crippen LogP contribution < -0.4 is 5.32 Å². The van der Waals surface area contributed by atoms with Gasteiger partial charge in [0.15, 0.2) is 0 Å². The zero-order valence-electron chi connectivity index (χ0n) is 7.74. The minimum absolute atomic E-state index is 0.871. The van der Waals surface area contributed by atoms with E-state index in [1.807, 2.05) is 0 Å². The Morgan fingerprint density at radius 2 is 1.92 bits per heavy atom. The second-order valence-corrected chi connectivity index (χ2v) is 4.26. The van der Waals surface area contributed by atoms with Gasteiger partial charge in [-0.25, -0.2) is 0 Å². The van der Waals surface area contributed by atoms with Gasteiger partial charge in [-0.15, -0.1) is 0 Å². The number of piperidine rings is 1. The lowest BCUT2D eigenvalue weighted by molar-refractivity contribution is 0.497. The van der Waals surface area contributed by atoms with Crippen molar-refractivity contribution in [1.29, 1.82) is 0 Å². The van der Waals surface area contributed by atoms with Gasteiger partial charge in [-0.2, -0.15) is 0 Å². The van der Waals surface area contributed by atoms with Crippen molar-refractivity contribution in [2.75, 3.05) is 13.1 Å². The Morgan fingerprint density at radius 1 is 1.08 bits per heavy atom. The Hall–Kier alpha value is -0.820. The molecular weight excluding hydrogens is 158 g/mol. The van der Waals surface area contributed by atoms with E-state index in [2.05, 4.69) is 35.6 Å². The molecule has 0 amide bonds. The fraction of sp³-hybridized carbons (Fsp3) is 0.500. The van der Waals surface area contributed by atoms with Crippen LogP contribution in [-0.4, -0.2) is 13.1 Å². The lowest BCUT2D eigenvalue weighted by atomic mass is 10.1. The largest absolute Gasteiger partial charge is 0.316 e. The maximum atomic E-state index is 3.48. The summed E-state index contributed by atoms with van der Waals surface area (Å²) in [5, 5.41) is 3.48. The molecule has 1 heteroatoms. The quantitative estimate of drug-likeness (QED) is 0.685. The van der Waals surface area contributed by atoms with Gasteiger partial charge in [-0.3, -0.25) is 0 Å². The highest BCUT2D eigenvalue weighted by Crippen LogP contribution is 2.56. The summed E-state index contributed by atoms with van der Waals surface area (Å²) in [6.45, 7) is 2.47. The third-order valence-corrected chi connectivity index (χ3v) is 3.55. The van der Waals surface area contributed by atoms with E-state index in [0.717, 1.165) is 17.8 Å². The summed E-state index contributed by atoms with van der Waals surface area (Å²) in [5.41, 5.74) is 1.56. The monoisotopic (exact) mass is 173 g/mol. The van der Waals surface area contributed by atoms with Gasteiger partial charge in [0, 0.05) is 0 Å². The molecule has 3 atom stereocenters. The predicted octanol–water partition coefficient (Wildman–Crippen LogP) is 2.01. The highest BCUT2D eigenvalue weighted by molar-refractivity contribution is 5.29. The van der Waals surface area contributed by atoms with Gasteiger partial charge >= 0.3 is 0 Å². The summed E-state index contributed by atoms with van der Waals surface area (Å²) in [6.07, 6.45) is 1.38. The molecule has 1 aliphatic carbocycles. The summed E-state index contributed by atoms with van der Waals surface area (Å²) < 4.78 is 0. The summed E-state index contributed by atoms with van der Waals surface area (Å²) in [6, 6.07) is 11.0. The molecule has 1 nitrogen and oxygen atoms in total. The van der Waals surface area contributed by atoms with E-state index in [4.69, 9.17) is 0 Å².